The number of imide groups is 2. The van der Waals surface area contributed by atoms with Gasteiger partial charge in [0.05, 0.1) is 11.1 Å². The molecule has 1 unspecified atom stereocenters. The predicted molar refractivity (Wildman–Crippen MR) is 90.7 cm³/mol. The van der Waals surface area contributed by atoms with Gasteiger partial charge in [-0.25, -0.2) is 0 Å². The van der Waals surface area contributed by atoms with Gasteiger partial charge in [-0.15, -0.1) is 0 Å². The molecular weight excluding hydrogens is 336 g/mol. The lowest BCUT2D eigenvalue weighted by molar-refractivity contribution is -0.136. The first-order chi connectivity index (χ1) is 12.5. The first-order valence-corrected chi connectivity index (χ1v) is 8.88. The molecule has 134 valence electrons. The van der Waals surface area contributed by atoms with Crippen molar-refractivity contribution in [2.75, 3.05) is 18.0 Å². The SMILES string of the molecule is O=C1CCC(N2C(=O)c3ccc(N4C[C@H]5C[C@@H]4CN5)cc3C2=O)C(=O)N1. The molecule has 8 heteroatoms. The minimum absolute atomic E-state index is 0.124. The van der Waals surface area contributed by atoms with Crippen molar-refractivity contribution in [3.63, 3.8) is 0 Å². The number of hydrogen-bond donors (Lipinski definition) is 2. The van der Waals surface area contributed by atoms with Gasteiger partial charge in [0.2, 0.25) is 11.8 Å². The smallest absolute Gasteiger partial charge is 0.262 e. The summed E-state index contributed by atoms with van der Waals surface area (Å²) in [7, 11) is 0. The summed E-state index contributed by atoms with van der Waals surface area (Å²) in [5, 5.41) is 5.65. The zero-order chi connectivity index (χ0) is 18.0. The summed E-state index contributed by atoms with van der Waals surface area (Å²) in [6, 6.07) is 5.29. The fourth-order valence-electron chi connectivity index (χ4n) is 4.51. The Morgan fingerprint density at radius 1 is 1.04 bits per heavy atom. The molecule has 1 aromatic rings. The van der Waals surface area contributed by atoms with E-state index >= 15 is 0 Å². The molecule has 0 spiro atoms. The van der Waals surface area contributed by atoms with Crippen molar-refractivity contribution >= 4 is 29.3 Å². The average molecular weight is 354 g/mol. The van der Waals surface area contributed by atoms with Gasteiger partial charge in [0.15, 0.2) is 0 Å². The summed E-state index contributed by atoms with van der Waals surface area (Å²) in [6.45, 7) is 1.82. The molecule has 0 aliphatic carbocycles. The largest absolute Gasteiger partial charge is 0.366 e. The van der Waals surface area contributed by atoms with E-state index in [1.54, 1.807) is 12.1 Å². The Morgan fingerprint density at radius 2 is 1.85 bits per heavy atom. The van der Waals surface area contributed by atoms with E-state index in [-0.39, 0.29) is 18.7 Å². The lowest BCUT2D eigenvalue weighted by Crippen LogP contribution is -2.54. The van der Waals surface area contributed by atoms with Gasteiger partial charge in [0, 0.05) is 37.3 Å². The molecule has 26 heavy (non-hydrogen) atoms. The first-order valence-electron chi connectivity index (χ1n) is 8.88. The zero-order valence-corrected chi connectivity index (χ0v) is 14.0. The molecule has 2 N–H and O–H groups in total. The van der Waals surface area contributed by atoms with Gasteiger partial charge in [0.25, 0.3) is 11.8 Å². The number of benzene rings is 1. The molecule has 0 radical (unpaired) electrons. The number of piperidine rings is 1. The molecular formula is C18H18N4O4. The van der Waals surface area contributed by atoms with E-state index in [1.807, 2.05) is 6.07 Å². The highest BCUT2D eigenvalue weighted by molar-refractivity contribution is 6.23. The Balaban J connectivity index is 1.45. The molecule has 3 atom stereocenters. The Kier molecular flexibility index (Phi) is 3.21. The monoisotopic (exact) mass is 354 g/mol. The number of nitrogens with one attached hydrogen (secondary N) is 2. The van der Waals surface area contributed by atoms with Gasteiger partial charge < -0.3 is 10.2 Å². The van der Waals surface area contributed by atoms with Crippen molar-refractivity contribution in [2.45, 2.75) is 37.4 Å². The summed E-state index contributed by atoms with van der Waals surface area (Å²) in [4.78, 5) is 52.3. The molecule has 4 aliphatic heterocycles. The number of carbonyl (C=O) groups is 4. The molecule has 0 saturated carbocycles. The molecule has 4 heterocycles. The van der Waals surface area contributed by atoms with E-state index in [1.165, 1.54) is 0 Å². The van der Waals surface area contributed by atoms with Crippen LogP contribution in [-0.4, -0.2) is 59.7 Å². The Morgan fingerprint density at radius 3 is 2.54 bits per heavy atom. The van der Waals surface area contributed by atoms with Crippen LogP contribution in [0.3, 0.4) is 0 Å². The number of amides is 4. The first kappa shape index (κ1) is 15.5. The normalized spacial score (nSPS) is 30.2. The van der Waals surface area contributed by atoms with E-state index < -0.39 is 23.8 Å². The number of nitrogens with zero attached hydrogens (tertiary/aromatic N) is 2. The second kappa shape index (κ2) is 5.38. The molecule has 1 aromatic carbocycles. The third-order valence-electron chi connectivity index (χ3n) is 5.81. The standard InChI is InChI=1S/C18H18N4O4/c23-15-4-3-14(16(24)20-15)22-17(25)12-2-1-10(6-13(12)18(22)26)21-8-9-5-11(21)7-19-9/h1-2,6,9,11,14,19H,3-5,7-8H2,(H,20,23,24)/t9-,11-,14?/m1/s1. The third kappa shape index (κ3) is 2.11. The van der Waals surface area contributed by atoms with Crippen LogP contribution in [0.4, 0.5) is 5.69 Å². The van der Waals surface area contributed by atoms with Gasteiger partial charge in [-0.1, -0.05) is 0 Å². The third-order valence-corrected chi connectivity index (χ3v) is 5.81. The van der Waals surface area contributed by atoms with Crippen LogP contribution in [0.2, 0.25) is 0 Å². The zero-order valence-electron chi connectivity index (χ0n) is 14.0. The van der Waals surface area contributed by atoms with E-state index in [0.717, 1.165) is 30.1 Å². The molecule has 8 nitrogen and oxygen atoms in total. The molecule has 5 rings (SSSR count). The fourth-order valence-corrected chi connectivity index (χ4v) is 4.51. The molecule has 0 aromatic heterocycles. The highest BCUT2D eigenvalue weighted by Gasteiger charge is 2.45. The highest BCUT2D eigenvalue weighted by Crippen LogP contribution is 2.34. The lowest BCUT2D eigenvalue weighted by atomic mass is 10.0. The van der Waals surface area contributed by atoms with Crippen LogP contribution >= 0.6 is 0 Å². The second-order valence-corrected chi connectivity index (χ2v) is 7.32. The quantitative estimate of drug-likeness (QED) is 0.704. The Bertz CT molecular complexity index is 867. The Labute approximate surface area is 149 Å². The van der Waals surface area contributed by atoms with E-state index in [4.69, 9.17) is 0 Å². The number of carbonyl (C=O) groups excluding carboxylic acids is 4. The molecule has 3 fully saturated rings. The van der Waals surface area contributed by atoms with E-state index in [0.29, 0.717) is 23.2 Å². The maximum Gasteiger partial charge on any atom is 0.262 e. The van der Waals surface area contributed by atoms with Crippen LogP contribution in [-0.2, 0) is 9.59 Å². The molecule has 3 saturated heterocycles. The number of rotatable bonds is 2. The minimum Gasteiger partial charge on any atom is -0.366 e. The summed E-state index contributed by atoms with van der Waals surface area (Å²) >= 11 is 0. The van der Waals surface area contributed by atoms with Crippen molar-refractivity contribution in [1.29, 1.82) is 0 Å². The van der Waals surface area contributed by atoms with Gasteiger partial charge in [-0.05, 0) is 31.0 Å². The Hall–Kier alpha value is -2.74. The lowest BCUT2D eigenvalue weighted by Gasteiger charge is -2.29. The topological polar surface area (TPSA) is 98.8 Å². The van der Waals surface area contributed by atoms with Gasteiger partial charge in [0.1, 0.15) is 6.04 Å². The average Bonchev–Trinajstić information content (AvgIpc) is 3.31. The summed E-state index contributed by atoms with van der Waals surface area (Å²) in [5.41, 5.74) is 1.60. The summed E-state index contributed by atoms with van der Waals surface area (Å²) in [6.07, 6.45) is 1.38. The summed E-state index contributed by atoms with van der Waals surface area (Å²) in [5.74, 6) is -1.87. The summed E-state index contributed by atoms with van der Waals surface area (Å²) < 4.78 is 0. The van der Waals surface area contributed by atoms with Crippen molar-refractivity contribution in [2.24, 2.45) is 0 Å². The maximum absolute atomic E-state index is 12.9. The van der Waals surface area contributed by atoms with E-state index in [9.17, 15) is 19.2 Å². The van der Waals surface area contributed by atoms with Gasteiger partial charge in [-0.2, -0.15) is 0 Å². The maximum atomic E-state index is 12.9. The number of fused-ring (bicyclic) bond motifs is 3. The molecule has 2 bridgehead atoms. The fraction of sp³-hybridized carbons (Fsp3) is 0.444. The molecule has 4 aliphatic rings. The van der Waals surface area contributed by atoms with Crippen LogP contribution < -0.4 is 15.5 Å². The predicted octanol–water partition coefficient (Wildman–Crippen LogP) is -0.362. The van der Waals surface area contributed by atoms with Crippen molar-refractivity contribution in [3.8, 4) is 0 Å². The second-order valence-electron chi connectivity index (χ2n) is 7.32. The number of hydrogen-bond acceptors (Lipinski definition) is 6. The van der Waals surface area contributed by atoms with Gasteiger partial charge >= 0.3 is 0 Å². The van der Waals surface area contributed by atoms with Crippen molar-refractivity contribution in [3.05, 3.63) is 29.3 Å². The number of anilines is 1. The van der Waals surface area contributed by atoms with E-state index in [2.05, 4.69) is 15.5 Å². The minimum atomic E-state index is -0.921. The van der Waals surface area contributed by atoms with Crippen molar-refractivity contribution in [1.82, 2.24) is 15.5 Å². The van der Waals surface area contributed by atoms with Crippen LogP contribution in [0.5, 0.6) is 0 Å². The van der Waals surface area contributed by atoms with Crippen LogP contribution in [0, 0.1) is 0 Å². The highest BCUT2D eigenvalue weighted by atomic mass is 16.2. The van der Waals surface area contributed by atoms with Crippen LogP contribution in [0.25, 0.3) is 0 Å². The van der Waals surface area contributed by atoms with Gasteiger partial charge in [-0.3, -0.25) is 29.4 Å². The number of piperazine rings is 1. The molecule has 4 amide bonds. The van der Waals surface area contributed by atoms with Crippen LogP contribution in [0.15, 0.2) is 18.2 Å². The van der Waals surface area contributed by atoms with Crippen molar-refractivity contribution < 1.29 is 19.2 Å². The van der Waals surface area contributed by atoms with Crippen LogP contribution in [0.1, 0.15) is 40.0 Å².